The van der Waals surface area contributed by atoms with E-state index in [1.807, 2.05) is 0 Å². The molecule has 0 aliphatic rings. The fourth-order valence-electron chi connectivity index (χ4n) is 3.56. The Labute approximate surface area is 209 Å². The molecule has 2 aromatic rings. The first-order chi connectivity index (χ1) is 16.9. The molecule has 0 saturated heterocycles. The molecule has 0 aliphatic carbocycles. The zero-order valence-corrected chi connectivity index (χ0v) is 21.4. The summed E-state index contributed by atoms with van der Waals surface area (Å²) in [6.45, 7) is 7.41. The number of hydrogen-bond acceptors (Lipinski definition) is 4. The molecule has 0 aliphatic heterocycles. The number of aryl methyl sites for hydroxylation is 2. The lowest BCUT2D eigenvalue weighted by molar-refractivity contribution is -0.117. The fourth-order valence-corrected chi connectivity index (χ4v) is 5.24. The van der Waals surface area contributed by atoms with E-state index in [0.29, 0.717) is 49.9 Å². The van der Waals surface area contributed by atoms with Gasteiger partial charge in [0, 0.05) is 13.1 Å². The Balaban J connectivity index is 2.36. The van der Waals surface area contributed by atoms with Crippen molar-refractivity contribution in [3.05, 3.63) is 72.8 Å². The lowest BCUT2D eigenvalue weighted by atomic mass is 9.99. The molecule has 0 atom stereocenters. The lowest BCUT2D eigenvalue weighted by Crippen LogP contribution is -2.22. The third-order valence-corrected chi connectivity index (χ3v) is 7.29. The van der Waals surface area contributed by atoms with Crippen molar-refractivity contribution in [2.24, 2.45) is 0 Å². The van der Waals surface area contributed by atoms with Crippen LogP contribution in [0.4, 0.5) is 0 Å². The summed E-state index contributed by atoms with van der Waals surface area (Å²) in [6.07, 6.45) is 4.13. The van der Waals surface area contributed by atoms with Crippen LogP contribution in [0.3, 0.4) is 0 Å². The van der Waals surface area contributed by atoms with Gasteiger partial charge < -0.3 is 30.2 Å². The van der Waals surface area contributed by atoms with Crippen molar-refractivity contribution in [1.29, 1.82) is 0 Å². The van der Waals surface area contributed by atoms with Crippen molar-refractivity contribution in [2.45, 2.75) is 25.7 Å². The minimum Gasteiger partial charge on any atom is -0.353 e. The molecule has 0 saturated carbocycles. The highest BCUT2D eigenvalue weighted by Crippen LogP contribution is 2.42. The number of benzene rings is 2. The quantitative estimate of drug-likeness (QED) is 0.127. The Morgan fingerprint density at radius 1 is 0.722 bits per heavy atom. The number of nitrogens with one attached hydrogen (secondary N) is 2. The topological polar surface area (TPSA) is 173 Å². The summed E-state index contributed by atoms with van der Waals surface area (Å²) in [7, 11) is -9.62. The molecule has 12 heteroatoms. The fraction of sp³-hybridized carbons (Fsp3) is 0.250. The summed E-state index contributed by atoms with van der Waals surface area (Å²) in [5.41, 5.74) is 1.24. The molecule has 10 nitrogen and oxygen atoms in total. The average molecular weight is 536 g/mol. The molecule has 0 heterocycles. The highest BCUT2D eigenvalue weighted by molar-refractivity contribution is 7.61. The van der Waals surface area contributed by atoms with E-state index >= 15 is 0 Å². The van der Waals surface area contributed by atoms with Crippen LogP contribution >= 0.6 is 15.2 Å². The first-order valence-electron chi connectivity index (χ1n) is 11.1. The van der Waals surface area contributed by atoms with Gasteiger partial charge >= 0.3 is 15.2 Å². The minimum atomic E-state index is -4.81. The molecule has 2 amide bonds. The van der Waals surface area contributed by atoms with Crippen LogP contribution in [0, 0.1) is 0 Å². The first kappa shape index (κ1) is 29.4. The van der Waals surface area contributed by atoms with E-state index < -0.39 is 15.2 Å². The molecule has 194 valence electrons. The van der Waals surface area contributed by atoms with E-state index in [4.69, 9.17) is 0 Å². The summed E-state index contributed by atoms with van der Waals surface area (Å²) in [5, 5.41) is 4.55. The maximum atomic E-state index is 12.3. The van der Waals surface area contributed by atoms with Crippen molar-refractivity contribution >= 4 is 37.6 Å². The van der Waals surface area contributed by atoms with E-state index in [1.54, 1.807) is 12.1 Å². The number of carbonyl (C=O) groups is 2. The minimum absolute atomic E-state index is 0.0233. The summed E-state index contributed by atoms with van der Waals surface area (Å²) in [4.78, 5) is 62.5. The highest BCUT2D eigenvalue weighted by atomic mass is 31.2. The number of amides is 2. The van der Waals surface area contributed by atoms with E-state index in [1.165, 1.54) is 24.3 Å². The zero-order valence-electron chi connectivity index (χ0n) is 19.6. The average Bonchev–Trinajstić information content (AvgIpc) is 2.82. The van der Waals surface area contributed by atoms with Gasteiger partial charge in [-0.3, -0.25) is 18.7 Å². The first-order valence-corrected chi connectivity index (χ1v) is 14.3. The van der Waals surface area contributed by atoms with Crippen LogP contribution in [0.2, 0.25) is 0 Å². The van der Waals surface area contributed by atoms with Gasteiger partial charge in [0.15, 0.2) is 0 Å². The van der Waals surface area contributed by atoms with E-state index in [2.05, 4.69) is 23.8 Å². The maximum Gasteiger partial charge on any atom is 0.356 e. The van der Waals surface area contributed by atoms with Crippen LogP contribution < -0.4 is 21.2 Å². The van der Waals surface area contributed by atoms with Crippen LogP contribution in [0.15, 0.2) is 61.7 Å². The van der Waals surface area contributed by atoms with Gasteiger partial charge in [0.25, 0.3) is 0 Å². The Hall–Kier alpha value is -2.84. The van der Waals surface area contributed by atoms with E-state index in [0.717, 1.165) is 12.2 Å². The molecule has 2 aromatic carbocycles. The molecule has 36 heavy (non-hydrogen) atoms. The lowest BCUT2D eigenvalue weighted by Gasteiger charge is -2.18. The molecular weight excluding hydrogens is 506 g/mol. The van der Waals surface area contributed by atoms with Gasteiger partial charge in [-0.1, -0.05) is 37.4 Å². The second-order valence-corrected chi connectivity index (χ2v) is 11.1. The summed E-state index contributed by atoms with van der Waals surface area (Å²) in [6, 6.07) is 8.78. The molecular formula is C24H30N2O8P2. The maximum absolute atomic E-state index is 12.3. The third-order valence-electron chi connectivity index (χ3n) is 5.30. The van der Waals surface area contributed by atoms with E-state index in [9.17, 15) is 38.3 Å². The summed E-state index contributed by atoms with van der Waals surface area (Å²) >= 11 is 0. The zero-order chi connectivity index (χ0) is 26.9. The molecule has 6 N–H and O–H groups in total. The van der Waals surface area contributed by atoms with E-state index in [-0.39, 0.29) is 33.6 Å². The summed E-state index contributed by atoms with van der Waals surface area (Å²) < 4.78 is 24.6. The van der Waals surface area contributed by atoms with Crippen molar-refractivity contribution in [3.63, 3.8) is 0 Å². The molecule has 0 aromatic heterocycles. The van der Waals surface area contributed by atoms with Crippen molar-refractivity contribution in [3.8, 4) is 11.1 Å². The van der Waals surface area contributed by atoms with Crippen LogP contribution in [0.5, 0.6) is 0 Å². The molecule has 2 rings (SSSR count). The van der Waals surface area contributed by atoms with Crippen molar-refractivity contribution in [1.82, 2.24) is 10.6 Å². The van der Waals surface area contributed by atoms with Crippen LogP contribution in [-0.4, -0.2) is 44.5 Å². The Morgan fingerprint density at radius 3 is 1.39 bits per heavy atom. The second-order valence-electron chi connectivity index (χ2n) is 7.99. The molecule has 0 fully saturated rings. The van der Waals surface area contributed by atoms with Crippen LogP contribution in [0.25, 0.3) is 11.1 Å². The molecule has 0 bridgehead atoms. The SMILES string of the molecule is C=CC(=O)NCCCc1ccc(-c2ccc(CCCNC(=O)C=C)cc2P(=O)(O)O)c(P(=O)(O)O)c1. The number of hydrogen-bond donors (Lipinski definition) is 6. The molecule has 0 radical (unpaired) electrons. The van der Waals surface area contributed by atoms with Crippen LogP contribution in [-0.2, 0) is 31.6 Å². The van der Waals surface area contributed by atoms with Gasteiger partial charge in [0.05, 0.1) is 10.6 Å². The second kappa shape index (κ2) is 12.9. The van der Waals surface area contributed by atoms with Gasteiger partial charge in [-0.2, -0.15) is 0 Å². The van der Waals surface area contributed by atoms with Crippen LogP contribution in [0.1, 0.15) is 24.0 Å². The third kappa shape index (κ3) is 8.68. The smallest absolute Gasteiger partial charge is 0.353 e. The Morgan fingerprint density at radius 2 is 1.08 bits per heavy atom. The van der Waals surface area contributed by atoms with Gasteiger partial charge in [-0.15, -0.1) is 0 Å². The van der Waals surface area contributed by atoms with Crippen molar-refractivity contribution < 1.29 is 38.3 Å². The van der Waals surface area contributed by atoms with Crippen molar-refractivity contribution in [2.75, 3.05) is 13.1 Å². The standard InChI is InChI=1S/C24H30N2O8P2/c1-3-23(27)25-13-5-7-17-9-11-19(21(15-17)35(29,30)31)20-12-10-18(16-22(20)36(32,33)34)8-6-14-26-24(28)4-2/h3-4,9-12,15-16H,1-2,5-8,13-14H2,(H,25,27)(H,26,28)(H2,29,30,31)(H2,32,33,34). The predicted molar refractivity (Wildman–Crippen MR) is 138 cm³/mol. The van der Waals surface area contributed by atoms with Gasteiger partial charge in [0.1, 0.15) is 0 Å². The van der Waals surface area contributed by atoms with Gasteiger partial charge in [-0.05, 0) is 72.2 Å². The molecule has 0 unspecified atom stereocenters. The Bertz CT molecular complexity index is 1140. The summed E-state index contributed by atoms with van der Waals surface area (Å²) in [5.74, 6) is -0.646. The largest absolute Gasteiger partial charge is 0.356 e. The normalized spacial score (nSPS) is 11.6. The Kier molecular flexibility index (Phi) is 10.5. The molecule has 0 spiro atoms. The monoisotopic (exact) mass is 536 g/mol. The number of rotatable bonds is 13. The number of carbonyl (C=O) groups excluding carboxylic acids is 2. The van der Waals surface area contributed by atoms with Gasteiger partial charge in [-0.25, -0.2) is 0 Å². The predicted octanol–water partition coefficient (Wildman–Crippen LogP) is 1.43. The highest BCUT2D eigenvalue weighted by Gasteiger charge is 2.28. The van der Waals surface area contributed by atoms with Gasteiger partial charge in [0.2, 0.25) is 11.8 Å².